The molecular weight excluding hydrogens is 649 g/mol. The summed E-state index contributed by atoms with van der Waals surface area (Å²) in [6, 6.07) is 60.4. The standard InChI is InChI=1S/C44H28N4S2/c1-5-13-39-35(9-1)36-10-2-6-14-40(36)48(39)34-27-25-33(26-28-34)47(31-21-17-29(18-22-31)43-45-37-11-3-7-15-41(37)49-43)32-23-19-30(20-24-32)44-46-38-12-4-8-16-42(38)50-44/h1-28H. The maximum absolute atomic E-state index is 4.90. The molecule has 0 saturated heterocycles. The summed E-state index contributed by atoms with van der Waals surface area (Å²) in [5.74, 6) is 0. The molecule has 3 aromatic heterocycles. The molecule has 0 N–H and O–H groups in total. The van der Waals surface area contributed by atoms with Gasteiger partial charge in [-0.15, -0.1) is 22.7 Å². The maximum atomic E-state index is 4.90. The first-order valence-corrected chi connectivity index (χ1v) is 18.2. The molecule has 0 unspecified atom stereocenters. The topological polar surface area (TPSA) is 34.0 Å². The van der Waals surface area contributed by atoms with Crippen LogP contribution in [0.1, 0.15) is 0 Å². The van der Waals surface area contributed by atoms with Crippen LogP contribution in [0.25, 0.3) is 69.1 Å². The second-order valence-corrected chi connectivity index (χ2v) is 14.4. The lowest BCUT2D eigenvalue weighted by molar-refractivity contribution is 1.17. The van der Waals surface area contributed by atoms with E-state index in [1.165, 1.54) is 31.2 Å². The fourth-order valence-electron chi connectivity index (χ4n) is 6.90. The highest BCUT2D eigenvalue weighted by atomic mass is 32.1. The Labute approximate surface area is 296 Å². The van der Waals surface area contributed by atoms with Crippen LogP contribution in [0.5, 0.6) is 0 Å². The SMILES string of the molecule is c1ccc2sc(-c3ccc(N(c4ccc(-c5nc6ccccc6s5)cc4)c4ccc(-n5c6ccccc6c6ccccc65)cc4)cc3)nc2c1. The highest BCUT2D eigenvalue weighted by molar-refractivity contribution is 7.22. The molecule has 0 aliphatic carbocycles. The highest BCUT2D eigenvalue weighted by Gasteiger charge is 2.17. The van der Waals surface area contributed by atoms with Gasteiger partial charge in [-0.25, -0.2) is 9.97 Å². The molecule has 7 aromatic carbocycles. The number of benzene rings is 7. The lowest BCUT2D eigenvalue weighted by Gasteiger charge is -2.26. The summed E-state index contributed by atoms with van der Waals surface area (Å²) in [7, 11) is 0. The lowest BCUT2D eigenvalue weighted by Crippen LogP contribution is -2.10. The molecule has 0 saturated carbocycles. The molecule has 50 heavy (non-hydrogen) atoms. The molecule has 0 aliphatic heterocycles. The Morgan fingerprint density at radius 2 is 0.800 bits per heavy atom. The van der Waals surface area contributed by atoms with Crippen LogP contribution in [-0.4, -0.2) is 14.5 Å². The molecule has 0 bridgehead atoms. The Kier molecular flexibility index (Phi) is 6.82. The van der Waals surface area contributed by atoms with Crippen molar-refractivity contribution < 1.29 is 0 Å². The minimum atomic E-state index is 1.03. The van der Waals surface area contributed by atoms with Gasteiger partial charge >= 0.3 is 0 Å². The van der Waals surface area contributed by atoms with E-state index < -0.39 is 0 Å². The molecule has 236 valence electrons. The summed E-state index contributed by atoms with van der Waals surface area (Å²) in [5.41, 5.74) is 11.1. The second kappa shape index (κ2) is 11.8. The molecule has 0 atom stereocenters. The number of thiazole rings is 2. The van der Waals surface area contributed by atoms with Crippen molar-refractivity contribution in [1.82, 2.24) is 14.5 Å². The number of fused-ring (bicyclic) bond motifs is 5. The van der Waals surface area contributed by atoms with E-state index in [0.29, 0.717) is 0 Å². The second-order valence-electron chi connectivity index (χ2n) is 12.3. The summed E-state index contributed by atoms with van der Waals surface area (Å²) >= 11 is 3.46. The summed E-state index contributed by atoms with van der Waals surface area (Å²) in [4.78, 5) is 12.1. The van der Waals surface area contributed by atoms with E-state index in [-0.39, 0.29) is 0 Å². The first-order valence-electron chi connectivity index (χ1n) is 16.6. The van der Waals surface area contributed by atoms with Gasteiger partial charge in [0.1, 0.15) is 10.0 Å². The smallest absolute Gasteiger partial charge is 0.124 e. The summed E-state index contributed by atoms with van der Waals surface area (Å²) in [5, 5.41) is 4.57. The number of rotatable bonds is 6. The van der Waals surface area contributed by atoms with Crippen LogP contribution in [0.2, 0.25) is 0 Å². The van der Waals surface area contributed by atoms with Gasteiger partial charge < -0.3 is 9.47 Å². The predicted octanol–water partition coefficient (Wildman–Crippen LogP) is 12.8. The van der Waals surface area contributed by atoms with Crippen LogP contribution in [-0.2, 0) is 0 Å². The van der Waals surface area contributed by atoms with Crippen LogP contribution in [0.4, 0.5) is 17.1 Å². The van der Waals surface area contributed by atoms with Crippen LogP contribution < -0.4 is 4.90 Å². The Hall–Kier alpha value is -6.08. The van der Waals surface area contributed by atoms with Crippen LogP contribution in [0.3, 0.4) is 0 Å². The minimum absolute atomic E-state index is 1.03. The average Bonchev–Trinajstić information content (AvgIpc) is 3.90. The van der Waals surface area contributed by atoms with E-state index in [2.05, 4.69) is 167 Å². The van der Waals surface area contributed by atoms with Crippen molar-refractivity contribution in [3.05, 3.63) is 170 Å². The third-order valence-corrected chi connectivity index (χ3v) is 11.4. The van der Waals surface area contributed by atoms with Crippen molar-refractivity contribution in [2.75, 3.05) is 4.90 Å². The monoisotopic (exact) mass is 676 g/mol. The average molecular weight is 677 g/mol. The van der Waals surface area contributed by atoms with E-state index in [0.717, 1.165) is 54.9 Å². The third kappa shape index (κ3) is 4.88. The third-order valence-electron chi connectivity index (χ3n) is 9.28. The maximum Gasteiger partial charge on any atom is 0.124 e. The number of aromatic nitrogens is 3. The van der Waals surface area contributed by atoms with Crippen LogP contribution in [0.15, 0.2) is 170 Å². The van der Waals surface area contributed by atoms with E-state index in [1.54, 1.807) is 22.7 Å². The molecule has 10 rings (SSSR count). The largest absolute Gasteiger partial charge is 0.311 e. The minimum Gasteiger partial charge on any atom is -0.311 e. The fourth-order valence-corrected chi connectivity index (χ4v) is 8.84. The van der Waals surface area contributed by atoms with E-state index in [1.807, 2.05) is 12.1 Å². The molecule has 6 heteroatoms. The van der Waals surface area contributed by atoms with Gasteiger partial charge in [0.05, 0.1) is 31.5 Å². The molecule has 10 aromatic rings. The van der Waals surface area contributed by atoms with Crippen molar-refractivity contribution >= 4 is 82.0 Å². The van der Waals surface area contributed by atoms with Gasteiger partial charge in [-0.05, 0) is 109 Å². The van der Waals surface area contributed by atoms with E-state index >= 15 is 0 Å². The van der Waals surface area contributed by atoms with Crippen LogP contribution >= 0.6 is 22.7 Å². The van der Waals surface area contributed by atoms with Gasteiger partial charge in [0.15, 0.2) is 0 Å². The molecule has 0 aliphatic rings. The number of anilines is 3. The van der Waals surface area contributed by atoms with Gasteiger partial charge in [0.2, 0.25) is 0 Å². The molecule has 4 nitrogen and oxygen atoms in total. The zero-order valence-corrected chi connectivity index (χ0v) is 28.4. The molecule has 0 fully saturated rings. The summed E-state index contributed by atoms with van der Waals surface area (Å²) < 4.78 is 4.76. The molecule has 3 heterocycles. The number of para-hydroxylation sites is 4. The van der Waals surface area contributed by atoms with Crippen molar-refractivity contribution in [1.29, 1.82) is 0 Å². The molecule has 0 radical (unpaired) electrons. The normalized spacial score (nSPS) is 11.6. The van der Waals surface area contributed by atoms with E-state index in [9.17, 15) is 0 Å². The van der Waals surface area contributed by atoms with Crippen molar-refractivity contribution in [3.63, 3.8) is 0 Å². The molecular formula is C44H28N4S2. The van der Waals surface area contributed by atoms with Gasteiger partial charge in [-0.3, -0.25) is 0 Å². The zero-order valence-electron chi connectivity index (χ0n) is 26.8. The number of hydrogen-bond donors (Lipinski definition) is 0. The first-order chi connectivity index (χ1) is 24.8. The lowest BCUT2D eigenvalue weighted by atomic mass is 10.1. The van der Waals surface area contributed by atoms with E-state index in [4.69, 9.17) is 9.97 Å². The molecule has 0 amide bonds. The number of hydrogen-bond acceptors (Lipinski definition) is 5. The summed E-state index contributed by atoms with van der Waals surface area (Å²) in [6.45, 7) is 0. The Balaban J connectivity index is 1.06. The van der Waals surface area contributed by atoms with Crippen molar-refractivity contribution in [2.45, 2.75) is 0 Å². The summed E-state index contributed by atoms with van der Waals surface area (Å²) in [6.07, 6.45) is 0. The number of nitrogens with zero attached hydrogens (tertiary/aromatic N) is 4. The van der Waals surface area contributed by atoms with Crippen LogP contribution in [0, 0.1) is 0 Å². The Morgan fingerprint density at radius 3 is 1.26 bits per heavy atom. The quantitative estimate of drug-likeness (QED) is 0.176. The first kappa shape index (κ1) is 28.9. The van der Waals surface area contributed by atoms with Gasteiger partial charge in [0, 0.05) is 44.6 Å². The van der Waals surface area contributed by atoms with Gasteiger partial charge in [-0.1, -0.05) is 60.7 Å². The Morgan fingerprint density at radius 1 is 0.400 bits per heavy atom. The zero-order chi connectivity index (χ0) is 33.0. The van der Waals surface area contributed by atoms with Gasteiger partial charge in [-0.2, -0.15) is 0 Å². The highest BCUT2D eigenvalue weighted by Crippen LogP contribution is 2.40. The Bertz CT molecular complexity index is 2570. The predicted molar refractivity (Wildman–Crippen MR) is 213 cm³/mol. The van der Waals surface area contributed by atoms with Crippen molar-refractivity contribution in [2.24, 2.45) is 0 Å². The molecule has 0 spiro atoms. The van der Waals surface area contributed by atoms with Crippen molar-refractivity contribution in [3.8, 4) is 26.8 Å². The fraction of sp³-hybridized carbons (Fsp3) is 0. The van der Waals surface area contributed by atoms with Gasteiger partial charge in [0.25, 0.3) is 0 Å².